The molecule has 0 bridgehead atoms. The third-order valence-corrected chi connectivity index (χ3v) is 5.82. The zero-order chi connectivity index (χ0) is 11.7. The molecule has 1 heterocycles. The standard InChI is InChI=1S/C12H9Br2ClS/c1-7-2-3-8(10(15)6-7)11(14)12-9(13)4-5-16-12/h2-6,11H,1H3. The van der Waals surface area contributed by atoms with Gasteiger partial charge >= 0.3 is 0 Å². The number of benzene rings is 1. The average Bonchev–Trinajstić information content (AvgIpc) is 2.63. The van der Waals surface area contributed by atoms with Crippen LogP contribution in [0.3, 0.4) is 0 Å². The minimum Gasteiger partial charge on any atom is -0.146 e. The topological polar surface area (TPSA) is 0 Å². The number of halogens is 3. The van der Waals surface area contributed by atoms with E-state index in [1.54, 1.807) is 11.3 Å². The highest BCUT2D eigenvalue weighted by Gasteiger charge is 2.17. The largest absolute Gasteiger partial charge is 0.146 e. The van der Waals surface area contributed by atoms with Crippen molar-refractivity contribution < 1.29 is 0 Å². The Morgan fingerprint density at radius 1 is 1.31 bits per heavy atom. The summed E-state index contributed by atoms with van der Waals surface area (Å²) in [6.45, 7) is 2.04. The van der Waals surface area contributed by atoms with Crippen LogP contribution < -0.4 is 0 Å². The van der Waals surface area contributed by atoms with E-state index >= 15 is 0 Å². The maximum absolute atomic E-state index is 6.25. The van der Waals surface area contributed by atoms with Gasteiger partial charge in [-0.15, -0.1) is 11.3 Å². The average molecular weight is 381 g/mol. The van der Waals surface area contributed by atoms with Crippen LogP contribution in [0.2, 0.25) is 5.02 Å². The molecule has 0 aliphatic carbocycles. The van der Waals surface area contributed by atoms with Gasteiger partial charge in [-0.1, -0.05) is 39.7 Å². The van der Waals surface area contributed by atoms with Crippen LogP contribution in [0.15, 0.2) is 34.1 Å². The van der Waals surface area contributed by atoms with Crippen molar-refractivity contribution in [3.05, 3.63) is 55.1 Å². The molecule has 0 nitrogen and oxygen atoms in total. The highest BCUT2D eigenvalue weighted by Crippen LogP contribution is 2.41. The molecule has 1 atom stereocenters. The molecule has 1 aromatic heterocycles. The van der Waals surface area contributed by atoms with Gasteiger partial charge in [0.2, 0.25) is 0 Å². The first-order valence-electron chi connectivity index (χ1n) is 4.72. The van der Waals surface area contributed by atoms with Crippen molar-refractivity contribution in [3.8, 4) is 0 Å². The second-order valence-electron chi connectivity index (χ2n) is 3.52. The minimum absolute atomic E-state index is 0.148. The lowest BCUT2D eigenvalue weighted by Crippen LogP contribution is -1.92. The van der Waals surface area contributed by atoms with Crippen LogP contribution in [0.1, 0.15) is 20.8 Å². The first-order chi connectivity index (χ1) is 7.59. The molecule has 0 saturated carbocycles. The third kappa shape index (κ3) is 2.53. The Morgan fingerprint density at radius 2 is 2.06 bits per heavy atom. The Hall–Kier alpha value is 0.170. The van der Waals surface area contributed by atoms with E-state index in [9.17, 15) is 0 Å². The van der Waals surface area contributed by atoms with Crippen LogP contribution in [-0.2, 0) is 0 Å². The molecule has 1 aromatic carbocycles. The number of hydrogen-bond acceptors (Lipinski definition) is 1. The Bertz CT molecular complexity index is 507. The van der Waals surface area contributed by atoms with Gasteiger partial charge in [0.05, 0.1) is 4.83 Å². The maximum atomic E-state index is 6.25. The zero-order valence-corrected chi connectivity index (χ0v) is 13.3. The van der Waals surface area contributed by atoms with Crippen molar-refractivity contribution >= 4 is 54.8 Å². The van der Waals surface area contributed by atoms with Gasteiger partial charge in [0, 0.05) is 14.4 Å². The first kappa shape index (κ1) is 12.6. The molecular formula is C12H9Br2ClS. The van der Waals surface area contributed by atoms with Crippen molar-refractivity contribution in [3.63, 3.8) is 0 Å². The van der Waals surface area contributed by atoms with Gasteiger partial charge in [-0.25, -0.2) is 0 Å². The van der Waals surface area contributed by atoms with Crippen LogP contribution in [0, 0.1) is 6.92 Å². The lowest BCUT2D eigenvalue weighted by Gasteiger charge is -2.11. The lowest BCUT2D eigenvalue weighted by molar-refractivity contribution is 1.21. The Labute approximate surface area is 121 Å². The molecule has 0 radical (unpaired) electrons. The van der Waals surface area contributed by atoms with Crippen LogP contribution in [0.25, 0.3) is 0 Å². The number of rotatable bonds is 2. The Kier molecular flexibility index (Phi) is 4.11. The quantitative estimate of drug-likeness (QED) is 0.564. The van der Waals surface area contributed by atoms with E-state index in [1.807, 2.05) is 13.0 Å². The highest BCUT2D eigenvalue weighted by molar-refractivity contribution is 9.11. The van der Waals surface area contributed by atoms with Gasteiger partial charge < -0.3 is 0 Å². The normalized spacial score (nSPS) is 12.8. The summed E-state index contributed by atoms with van der Waals surface area (Å²) in [4.78, 5) is 1.39. The molecule has 0 spiro atoms. The van der Waals surface area contributed by atoms with Crippen LogP contribution >= 0.6 is 54.8 Å². The van der Waals surface area contributed by atoms with Crippen molar-refractivity contribution in [2.24, 2.45) is 0 Å². The molecule has 1 unspecified atom stereocenters. The number of aryl methyl sites for hydroxylation is 1. The molecule has 4 heteroatoms. The van der Waals surface area contributed by atoms with Gasteiger partial charge in [0.1, 0.15) is 0 Å². The maximum Gasteiger partial charge on any atom is 0.0763 e. The third-order valence-electron chi connectivity index (χ3n) is 2.30. The highest BCUT2D eigenvalue weighted by atomic mass is 79.9. The molecule has 84 valence electrons. The van der Waals surface area contributed by atoms with E-state index in [0.29, 0.717) is 0 Å². The summed E-state index contributed by atoms with van der Waals surface area (Å²) >= 11 is 15.2. The molecule has 0 N–H and O–H groups in total. The van der Waals surface area contributed by atoms with Crippen molar-refractivity contribution in [2.45, 2.75) is 11.8 Å². The summed E-state index contributed by atoms with van der Waals surface area (Å²) < 4.78 is 1.12. The molecule has 0 aliphatic rings. The van der Waals surface area contributed by atoms with Crippen LogP contribution in [0.4, 0.5) is 0 Å². The van der Waals surface area contributed by atoms with Gasteiger partial charge in [-0.05, 0) is 51.5 Å². The summed E-state index contributed by atoms with van der Waals surface area (Å²) in [6.07, 6.45) is 0. The van der Waals surface area contributed by atoms with E-state index in [-0.39, 0.29) is 4.83 Å². The fraction of sp³-hybridized carbons (Fsp3) is 0.167. The van der Waals surface area contributed by atoms with E-state index < -0.39 is 0 Å². The van der Waals surface area contributed by atoms with E-state index in [0.717, 1.165) is 15.1 Å². The monoisotopic (exact) mass is 378 g/mol. The van der Waals surface area contributed by atoms with Crippen molar-refractivity contribution in [1.82, 2.24) is 0 Å². The smallest absolute Gasteiger partial charge is 0.0763 e. The molecule has 16 heavy (non-hydrogen) atoms. The molecule has 2 aromatic rings. The second kappa shape index (κ2) is 5.21. The molecule has 0 amide bonds. The Morgan fingerprint density at radius 3 is 2.62 bits per heavy atom. The van der Waals surface area contributed by atoms with Crippen LogP contribution in [-0.4, -0.2) is 0 Å². The first-order valence-corrected chi connectivity index (χ1v) is 7.69. The van der Waals surface area contributed by atoms with E-state index in [1.165, 1.54) is 10.4 Å². The molecule has 0 saturated heterocycles. The van der Waals surface area contributed by atoms with Crippen molar-refractivity contribution in [1.29, 1.82) is 0 Å². The van der Waals surface area contributed by atoms with Gasteiger partial charge in [-0.3, -0.25) is 0 Å². The van der Waals surface area contributed by atoms with E-state index in [2.05, 4.69) is 55.4 Å². The summed E-state index contributed by atoms with van der Waals surface area (Å²) in [5.74, 6) is 0. The van der Waals surface area contributed by atoms with E-state index in [4.69, 9.17) is 11.6 Å². The summed E-state index contributed by atoms with van der Waals surface area (Å²) in [5, 5.41) is 2.87. The molecule has 0 aliphatic heterocycles. The fourth-order valence-corrected chi connectivity index (χ4v) is 4.81. The Balaban J connectivity index is 2.41. The second-order valence-corrected chi connectivity index (χ2v) is 6.65. The summed E-state index contributed by atoms with van der Waals surface area (Å²) in [5.41, 5.74) is 2.29. The number of hydrogen-bond donors (Lipinski definition) is 0. The van der Waals surface area contributed by atoms with Gasteiger partial charge in [0.15, 0.2) is 0 Å². The molecule has 0 fully saturated rings. The minimum atomic E-state index is 0.148. The summed E-state index contributed by atoms with van der Waals surface area (Å²) in [6, 6.07) is 8.20. The van der Waals surface area contributed by atoms with Crippen LogP contribution in [0.5, 0.6) is 0 Å². The fourth-order valence-electron chi connectivity index (χ4n) is 1.47. The van der Waals surface area contributed by atoms with Crippen molar-refractivity contribution in [2.75, 3.05) is 0 Å². The van der Waals surface area contributed by atoms with Gasteiger partial charge in [0.25, 0.3) is 0 Å². The summed E-state index contributed by atoms with van der Waals surface area (Å²) in [7, 11) is 0. The molecule has 2 rings (SSSR count). The lowest BCUT2D eigenvalue weighted by atomic mass is 10.1. The SMILES string of the molecule is Cc1ccc(C(Br)c2sccc2Br)c(Cl)c1. The predicted molar refractivity (Wildman–Crippen MR) is 79.0 cm³/mol. The predicted octanol–water partition coefficient (Wildman–Crippen LogP) is 5.96. The zero-order valence-electron chi connectivity index (χ0n) is 8.51. The molecular weight excluding hydrogens is 371 g/mol. The number of alkyl halides is 1. The van der Waals surface area contributed by atoms with Gasteiger partial charge in [-0.2, -0.15) is 0 Å². The number of thiophene rings is 1.